The molecule has 2 N–H and O–H groups in total. The molecule has 0 fully saturated rings. The molecule has 0 aliphatic rings. The molecule has 0 aliphatic heterocycles. The number of hydrogen-bond acceptors (Lipinski definition) is 3. The van der Waals surface area contributed by atoms with Gasteiger partial charge in [0.25, 0.3) is 0 Å². The van der Waals surface area contributed by atoms with Crippen molar-refractivity contribution < 1.29 is 0 Å². The van der Waals surface area contributed by atoms with Crippen LogP contribution in [0.3, 0.4) is 0 Å². The highest BCUT2D eigenvalue weighted by atomic mass is 35.5. The largest absolute Gasteiger partial charge is 0.386 e. The van der Waals surface area contributed by atoms with E-state index in [-0.39, 0.29) is 5.88 Å². The summed E-state index contributed by atoms with van der Waals surface area (Å²) in [6, 6.07) is 5.59. The van der Waals surface area contributed by atoms with Crippen molar-refractivity contribution in [3.8, 4) is 0 Å². The number of alkyl halides is 1. The second kappa shape index (κ2) is 4.67. The highest BCUT2D eigenvalue weighted by Crippen LogP contribution is 2.19. The molecule has 88 valence electrons. The minimum atomic E-state index is 0.219. The van der Waals surface area contributed by atoms with Crippen LogP contribution in [0.2, 0.25) is 0 Å². The Morgan fingerprint density at radius 1 is 1.24 bits per heavy atom. The van der Waals surface area contributed by atoms with Crippen LogP contribution in [-0.2, 0) is 0 Å². The van der Waals surface area contributed by atoms with Crippen molar-refractivity contribution in [1.29, 1.82) is 0 Å². The van der Waals surface area contributed by atoms with Gasteiger partial charge in [-0.05, 0) is 32.0 Å². The number of nitrogens with zero attached hydrogens (tertiary/aromatic N) is 3. The fourth-order valence-electron chi connectivity index (χ4n) is 1.48. The van der Waals surface area contributed by atoms with Crippen LogP contribution in [0.1, 0.15) is 11.4 Å². The molecule has 1 heterocycles. The Bertz CT molecular complexity index is 592. The third kappa shape index (κ3) is 2.53. The number of hydrogen-bond donors (Lipinski definition) is 1. The standard InChI is InChI=1S/C12H13ClN4/c1-7-8(2)16-11-5-9(17-12(14)6-13)3-4-10(11)15-7/h3-5H,6H2,1-2H3,(H2,14,17). The van der Waals surface area contributed by atoms with Crippen molar-refractivity contribution in [3.05, 3.63) is 29.6 Å². The van der Waals surface area contributed by atoms with Crippen LogP contribution >= 0.6 is 11.6 Å². The van der Waals surface area contributed by atoms with Crippen molar-refractivity contribution in [2.75, 3.05) is 5.88 Å². The first-order chi connectivity index (χ1) is 8.10. The maximum absolute atomic E-state index is 5.59. The zero-order valence-corrected chi connectivity index (χ0v) is 10.5. The fourth-order valence-corrected chi connectivity index (χ4v) is 1.54. The lowest BCUT2D eigenvalue weighted by Gasteiger charge is -2.03. The quantitative estimate of drug-likeness (QED) is 0.504. The zero-order valence-electron chi connectivity index (χ0n) is 9.74. The number of aromatic nitrogens is 2. The lowest BCUT2D eigenvalue weighted by molar-refractivity contribution is 1.10. The van der Waals surface area contributed by atoms with Crippen molar-refractivity contribution in [3.63, 3.8) is 0 Å². The number of amidine groups is 1. The second-order valence-corrected chi connectivity index (χ2v) is 4.07. The average Bonchev–Trinajstić information content (AvgIpc) is 2.31. The van der Waals surface area contributed by atoms with Gasteiger partial charge in [-0.2, -0.15) is 0 Å². The fraction of sp³-hybridized carbons (Fsp3) is 0.250. The monoisotopic (exact) mass is 248 g/mol. The van der Waals surface area contributed by atoms with Crippen LogP contribution in [0.25, 0.3) is 11.0 Å². The summed E-state index contributed by atoms with van der Waals surface area (Å²) in [5.41, 5.74) is 9.86. The topological polar surface area (TPSA) is 64.2 Å². The van der Waals surface area contributed by atoms with E-state index in [1.807, 2.05) is 32.0 Å². The Kier molecular flexibility index (Phi) is 3.24. The molecule has 0 amide bonds. The summed E-state index contributed by atoms with van der Waals surface area (Å²) in [4.78, 5) is 13.1. The summed E-state index contributed by atoms with van der Waals surface area (Å²) in [6.45, 7) is 3.88. The Hall–Kier alpha value is -1.68. The lowest BCUT2D eigenvalue weighted by atomic mass is 10.2. The molecule has 0 spiro atoms. The zero-order chi connectivity index (χ0) is 12.4. The minimum absolute atomic E-state index is 0.219. The maximum atomic E-state index is 5.59. The second-order valence-electron chi connectivity index (χ2n) is 3.80. The number of halogens is 1. The van der Waals surface area contributed by atoms with Gasteiger partial charge < -0.3 is 5.73 Å². The number of rotatable bonds is 2. The van der Waals surface area contributed by atoms with E-state index in [1.165, 1.54) is 0 Å². The smallest absolute Gasteiger partial charge is 0.115 e. The molecule has 0 saturated carbocycles. The Balaban J connectivity index is 2.54. The molecule has 17 heavy (non-hydrogen) atoms. The van der Waals surface area contributed by atoms with Gasteiger partial charge in [-0.1, -0.05) is 0 Å². The molecule has 0 aliphatic carbocycles. The van der Waals surface area contributed by atoms with Crippen molar-refractivity contribution in [2.45, 2.75) is 13.8 Å². The van der Waals surface area contributed by atoms with Crippen LogP contribution in [-0.4, -0.2) is 21.7 Å². The first-order valence-electron chi connectivity index (χ1n) is 5.24. The van der Waals surface area contributed by atoms with Gasteiger partial charge in [0.05, 0.1) is 34.0 Å². The van der Waals surface area contributed by atoms with Crippen molar-refractivity contribution >= 4 is 34.2 Å². The minimum Gasteiger partial charge on any atom is -0.386 e. The predicted octanol–water partition coefficient (Wildman–Crippen LogP) is 2.47. The molecular weight excluding hydrogens is 236 g/mol. The van der Waals surface area contributed by atoms with Gasteiger partial charge in [0.1, 0.15) is 5.84 Å². The van der Waals surface area contributed by atoms with Crippen molar-refractivity contribution in [2.24, 2.45) is 10.7 Å². The first kappa shape index (κ1) is 11.8. The molecule has 2 rings (SSSR count). The molecule has 1 aromatic heterocycles. The van der Waals surface area contributed by atoms with Gasteiger partial charge in [0, 0.05) is 0 Å². The molecule has 0 bridgehead atoms. The van der Waals surface area contributed by atoms with Gasteiger partial charge in [-0.3, -0.25) is 0 Å². The number of aryl methyl sites for hydroxylation is 2. The third-order valence-electron chi connectivity index (χ3n) is 2.47. The summed E-state index contributed by atoms with van der Waals surface area (Å²) >= 11 is 5.58. The van der Waals surface area contributed by atoms with E-state index in [4.69, 9.17) is 17.3 Å². The first-order valence-corrected chi connectivity index (χ1v) is 5.77. The van der Waals surface area contributed by atoms with Crippen LogP contribution in [0.4, 0.5) is 5.69 Å². The maximum Gasteiger partial charge on any atom is 0.115 e. The number of aliphatic imine (C=N–C) groups is 1. The average molecular weight is 249 g/mol. The van der Waals surface area contributed by atoms with E-state index in [0.29, 0.717) is 5.84 Å². The Morgan fingerprint density at radius 3 is 2.53 bits per heavy atom. The normalized spacial score (nSPS) is 12.1. The molecule has 0 unspecified atom stereocenters. The van der Waals surface area contributed by atoms with Gasteiger partial charge in [-0.25, -0.2) is 15.0 Å². The van der Waals surface area contributed by atoms with Crippen LogP contribution in [0.5, 0.6) is 0 Å². The summed E-state index contributed by atoms with van der Waals surface area (Å²) in [5.74, 6) is 0.610. The molecule has 0 radical (unpaired) electrons. The molecule has 4 nitrogen and oxygen atoms in total. The third-order valence-corrected chi connectivity index (χ3v) is 2.74. The predicted molar refractivity (Wildman–Crippen MR) is 71.0 cm³/mol. The molecule has 1 aromatic carbocycles. The highest BCUT2D eigenvalue weighted by molar-refractivity contribution is 6.28. The molecule has 5 heteroatoms. The summed E-state index contributed by atoms with van der Waals surface area (Å²) < 4.78 is 0. The highest BCUT2D eigenvalue weighted by Gasteiger charge is 2.02. The Labute approximate surface area is 105 Å². The summed E-state index contributed by atoms with van der Waals surface area (Å²) in [7, 11) is 0. The number of benzene rings is 1. The van der Waals surface area contributed by atoms with E-state index in [9.17, 15) is 0 Å². The van der Waals surface area contributed by atoms with Gasteiger partial charge >= 0.3 is 0 Å². The van der Waals surface area contributed by atoms with Crippen LogP contribution < -0.4 is 5.73 Å². The van der Waals surface area contributed by atoms with E-state index in [1.54, 1.807) is 0 Å². The van der Waals surface area contributed by atoms with Gasteiger partial charge in [-0.15, -0.1) is 11.6 Å². The van der Waals surface area contributed by atoms with E-state index in [2.05, 4.69) is 15.0 Å². The molecule has 0 saturated heterocycles. The summed E-state index contributed by atoms with van der Waals surface area (Å²) in [6.07, 6.45) is 0. The van der Waals surface area contributed by atoms with E-state index in [0.717, 1.165) is 28.1 Å². The van der Waals surface area contributed by atoms with Gasteiger partial charge in [0.2, 0.25) is 0 Å². The van der Waals surface area contributed by atoms with Gasteiger partial charge in [0.15, 0.2) is 0 Å². The van der Waals surface area contributed by atoms with E-state index < -0.39 is 0 Å². The molecular formula is C12H13ClN4. The molecule has 2 aromatic rings. The SMILES string of the molecule is Cc1nc2ccc(N=C(N)CCl)cc2nc1C. The van der Waals surface area contributed by atoms with Crippen LogP contribution in [0, 0.1) is 13.8 Å². The Morgan fingerprint density at radius 2 is 1.88 bits per heavy atom. The van der Waals surface area contributed by atoms with Crippen molar-refractivity contribution in [1.82, 2.24) is 9.97 Å². The number of nitrogens with two attached hydrogens (primary N) is 1. The summed E-state index contributed by atoms with van der Waals surface area (Å²) in [5, 5.41) is 0. The van der Waals surface area contributed by atoms with E-state index >= 15 is 0 Å². The number of fused-ring (bicyclic) bond motifs is 1. The lowest BCUT2D eigenvalue weighted by Crippen LogP contribution is -2.12. The van der Waals surface area contributed by atoms with Crippen LogP contribution in [0.15, 0.2) is 23.2 Å². The molecule has 0 atom stereocenters.